The SMILES string of the molecule is NC(N)=NC[C@@H](F)CNCc1ccc(-n2cc3cc(-c4ccc(C(NC5CNC5)C(F)(F)F)cc4)[nH]c3nc2=O)cc1. The first-order valence-electron chi connectivity index (χ1n) is 13.3. The fourth-order valence-electron chi connectivity index (χ4n) is 4.63. The van der Waals surface area contributed by atoms with E-state index in [9.17, 15) is 22.4 Å². The minimum absolute atomic E-state index is 0.0785. The molecule has 2 atom stereocenters. The van der Waals surface area contributed by atoms with Gasteiger partial charge >= 0.3 is 11.9 Å². The fraction of sp³-hybridized carbons (Fsp3) is 0.321. The number of rotatable bonds is 11. The number of nitrogens with zero attached hydrogens (tertiary/aromatic N) is 3. The lowest BCUT2D eigenvalue weighted by molar-refractivity contribution is -0.160. The standard InChI is InChI=1S/C28H31F4N9O/c29-20(12-37-26(33)34)11-35-10-16-1-7-22(8-2-16)41-15-19-9-23(39-25(19)40-27(41)42)17-3-5-18(6-4-17)24(28(30,31)32)38-21-13-36-14-21/h1-9,15,20-21,24,35-36,38H,10-14H2,(H4,33,34,37)(H,39,40,42)/t20-,24?/m0/s1. The number of hydrogen-bond acceptors (Lipinski definition) is 6. The minimum Gasteiger partial charge on any atom is -0.370 e. The summed E-state index contributed by atoms with van der Waals surface area (Å²) in [6, 6.07) is 13.1. The van der Waals surface area contributed by atoms with Crippen molar-refractivity contribution < 1.29 is 17.6 Å². The Balaban J connectivity index is 1.28. The third-order valence-corrected chi connectivity index (χ3v) is 6.96. The van der Waals surface area contributed by atoms with Crippen molar-refractivity contribution in [2.75, 3.05) is 26.2 Å². The van der Waals surface area contributed by atoms with Gasteiger partial charge < -0.3 is 27.1 Å². The van der Waals surface area contributed by atoms with Crippen LogP contribution in [-0.4, -0.2) is 65.1 Å². The van der Waals surface area contributed by atoms with E-state index < -0.39 is 24.1 Å². The number of aromatic amines is 1. The molecule has 1 aliphatic heterocycles. The fourth-order valence-corrected chi connectivity index (χ4v) is 4.63. The lowest BCUT2D eigenvalue weighted by Gasteiger charge is -2.33. The summed E-state index contributed by atoms with van der Waals surface area (Å²) in [5.41, 5.74) is 13.2. The van der Waals surface area contributed by atoms with Gasteiger partial charge in [-0.1, -0.05) is 36.4 Å². The molecule has 8 N–H and O–H groups in total. The Morgan fingerprint density at radius 2 is 1.83 bits per heavy atom. The van der Waals surface area contributed by atoms with Gasteiger partial charge in [-0.15, -0.1) is 0 Å². The molecule has 10 nitrogen and oxygen atoms in total. The predicted octanol–water partition coefficient (Wildman–Crippen LogP) is 2.25. The Bertz CT molecular complexity index is 1590. The summed E-state index contributed by atoms with van der Waals surface area (Å²) in [5, 5.41) is 9.28. The van der Waals surface area contributed by atoms with Crippen LogP contribution in [0.5, 0.6) is 0 Å². The van der Waals surface area contributed by atoms with E-state index in [0.29, 0.717) is 47.6 Å². The van der Waals surface area contributed by atoms with Crippen molar-refractivity contribution in [3.63, 3.8) is 0 Å². The molecule has 0 radical (unpaired) electrons. The molecule has 14 heteroatoms. The first-order valence-corrected chi connectivity index (χ1v) is 13.3. The molecule has 42 heavy (non-hydrogen) atoms. The van der Waals surface area contributed by atoms with Crippen LogP contribution in [0.3, 0.4) is 0 Å². The number of H-pyrrole nitrogens is 1. The molecule has 0 spiro atoms. The second-order valence-electron chi connectivity index (χ2n) is 10.2. The maximum absolute atomic E-state index is 13.8. The highest BCUT2D eigenvalue weighted by atomic mass is 19.4. The van der Waals surface area contributed by atoms with E-state index in [1.807, 2.05) is 12.1 Å². The quantitative estimate of drug-likeness (QED) is 0.0898. The van der Waals surface area contributed by atoms with Gasteiger partial charge in [0.15, 0.2) is 5.96 Å². The molecule has 0 bridgehead atoms. The van der Waals surface area contributed by atoms with Gasteiger partial charge in [0.2, 0.25) is 0 Å². The Morgan fingerprint density at radius 3 is 2.45 bits per heavy atom. The van der Waals surface area contributed by atoms with Gasteiger partial charge in [-0.2, -0.15) is 18.2 Å². The van der Waals surface area contributed by atoms with Crippen molar-refractivity contribution >= 4 is 17.0 Å². The largest absolute Gasteiger partial charge is 0.407 e. The number of nitrogens with one attached hydrogen (secondary N) is 4. The molecule has 1 saturated heterocycles. The molecular weight excluding hydrogens is 554 g/mol. The summed E-state index contributed by atoms with van der Waals surface area (Å²) in [6.45, 7) is 1.37. The molecule has 3 heterocycles. The molecule has 1 fully saturated rings. The molecule has 2 aromatic heterocycles. The third kappa shape index (κ3) is 6.95. The average molecular weight is 586 g/mol. The zero-order valence-corrected chi connectivity index (χ0v) is 22.5. The molecule has 222 valence electrons. The van der Waals surface area contributed by atoms with Crippen molar-refractivity contribution in [2.45, 2.75) is 31.0 Å². The Labute approximate surface area is 238 Å². The Morgan fingerprint density at radius 1 is 1.12 bits per heavy atom. The van der Waals surface area contributed by atoms with Crippen LogP contribution >= 0.6 is 0 Å². The molecular formula is C28H31F4N9O. The lowest BCUT2D eigenvalue weighted by Crippen LogP contribution is -2.57. The summed E-state index contributed by atoms with van der Waals surface area (Å²) >= 11 is 0. The van der Waals surface area contributed by atoms with Crippen molar-refractivity contribution in [3.05, 3.63) is 82.4 Å². The number of fused-ring (bicyclic) bond motifs is 1. The number of hydrogen-bond donors (Lipinski definition) is 6. The van der Waals surface area contributed by atoms with Gasteiger partial charge in [-0.25, -0.2) is 9.18 Å². The maximum Gasteiger partial charge on any atom is 0.407 e. The Kier molecular flexibility index (Phi) is 8.56. The molecule has 2 aromatic carbocycles. The second kappa shape index (κ2) is 12.3. The van der Waals surface area contributed by atoms with E-state index in [4.69, 9.17) is 11.5 Å². The van der Waals surface area contributed by atoms with Crippen molar-refractivity contribution in [1.82, 2.24) is 30.5 Å². The molecule has 0 amide bonds. The van der Waals surface area contributed by atoms with E-state index >= 15 is 0 Å². The molecule has 5 rings (SSSR count). The van der Waals surface area contributed by atoms with E-state index in [1.54, 1.807) is 36.5 Å². The van der Waals surface area contributed by atoms with Crippen molar-refractivity contribution in [2.24, 2.45) is 16.5 Å². The van der Waals surface area contributed by atoms with Crippen LogP contribution in [0.15, 0.2) is 70.6 Å². The number of halogens is 4. The summed E-state index contributed by atoms with van der Waals surface area (Å²) in [5.74, 6) is -0.158. The first-order chi connectivity index (χ1) is 20.1. The molecule has 1 unspecified atom stereocenters. The number of alkyl halides is 4. The maximum atomic E-state index is 13.8. The first kappa shape index (κ1) is 29.2. The summed E-state index contributed by atoms with van der Waals surface area (Å²) in [4.78, 5) is 23.7. The van der Waals surface area contributed by atoms with E-state index in [-0.39, 0.29) is 30.7 Å². The molecule has 4 aromatic rings. The van der Waals surface area contributed by atoms with Gasteiger partial charge in [-0.05, 0) is 34.9 Å². The second-order valence-corrected chi connectivity index (χ2v) is 10.2. The van der Waals surface area contributed by atoms with E-state index in [1.165, 1.54) is 16.7 Å². The van der Waals surface area contributed by atoms with Crippen LogP contribution in [0.4, 0.5) is 17.6 Å². The number of aromatic nitrogens is 3. The zero-order valence-electron chi connectivity index (χ0n) is 22.5. The predicted molar refractivity (Wildman–Crippen MR) is 153 cm³/mol. The van der Waals surface area contributed by atoms with Gasteiger partial charge in [0, 0.05) is 49.5 Å². The number of nitrogens with two attached hydrogens (primary N) is 2. The minimum atomic E-state index is -4.43. The Hall–Kier alpha value is -4.27. The van der Waals surface area contributed by atoms with E-state index in [2.05, 4.69) is 30.9 Å². The van der Waals surface area contributed by atoms with Crippen molar-refractivity contribution in [1.29, 1.82) is 0 Å². The highest BCUT2D eigenvalue weighted by Crippen LogP contribution is 2.34. The van der Waals surface area contributed by atoms with Crippen LogP contribution in [0.2, 0.25) is 0 Å². The van der Waals surface area contributed by atoms with Crippen LogP contribution in [0.1, 0.15) is 17.2 Å². The van der Waals surface area contributed by atoms with Gasteiger partial charge in [0.1, 0.15) is 17.9 Å². The molecule has 0 saturated carbocycles. The third-order valence-electron chi connectivity index (χ3n) is 6.96. The monoisotopic (exact) mass is 585 g/mol. The van der Waals surface area contributed by atoms with Crippen molar-refractivity contribution in [3.8, 4) is 16.9 Å². The summed E-state index contributed by atoms with van der Waals surface area (Å²) in [7, 11) is 0. The van der Waals surface area contributed by atoms with Crippen LogP contribution in [-0.2, 0) is 6.54 Å². The smallest absolute Gasteiger partial charge is 0.370 e. The van der Waals surface area contributed by atoms with Gasteiger partial charge in [0.25, 0.3) is 0 Å². The normalized spacial score (nSPS) is 15.3. The number of aliphatic imine (C=N–C) groups is 1. The van der Waals surface area contributed by atoms with Gasteiger partial charge in [-0.3, -0.25) is 14.9 Å². The van der Waals surface area contributed by atoms with Crippen LogP contribution < -0.4 is 33.1 Å². The molecule has 1 aliphatic rings. The van der Waals surface area contributed by atoms with E-state index in [0.717, 1.165) is 5.56 Å². The zero-order chi connectivity index (χ0) is 29.9. The average Bonchev–Trinajstić information content (AvgIpc) is 3.33. The number of benzene rings is 2. The number of guanidine groups is 1. The highest BCUT2D eigenvalue weighted by molar-refractivity contribution is 5.82. The van der Waals surface area contributed by atoms with Crippen LogP contribution in [0, 0.1) is 0 Å². The summed E-state index contributed by atoms with van der Waals surface area (Å²) < 4.78 is 56.3. The topological polar surface area (TPSA) is 151 Å². The molecule has 0 aliphatic carbocycles. The highest BCUT2D eigenvalue weighted by Gasteiger charge is 2.42. The summed E-state index contributed by atoms with van der Waals surface area (Å²) in [6.07, 6.45) is -4.00. The van der Waals surface area contributed by atoms with Gasteiger partial charge in [0.05, 0.1) is 12.2 Å². The van der Waals surface area contributed by atoms with Crippen LogP contribution in [0.25, 0.3) is 28.0 Å². The lowest BCUT2D eigenvalue weighted by atomic mass is 10.0.